The van der Waals surface area contributed by atoms with Gasteiger partial charge >= 0.3 is 6.09 Å². The van der Waals surface area contributed by atoms with Gasteiger partial charge in [-0.3, -0.25) is 14.5 Å². The van der Waals surface area contributed by atoms with Crippen LogP contribution in [0.3, 0.4) is 0 Å². The second kappa shape index (κ2) is 14.1. The molecule has 3 amide bonds. The molecule has 2 unspecified atom stereocenters. The molecule has 204 valence electrons. The molecule has 0 aliphatic carbocycles. The third-order valence-corrected chi connectivity index (χ3v) is 5.72. The van der Waals surface area contributed by atoms with Crippen molar-refractivity contribution in [3.63, 3.8) is 0 Å². The van der Waals surface area contributed by atoms with Crippen LogP contribution in [-0.2, 0) is 20.7 Å². The van der Waals surface area contributed by atoms with Gasteiger partial charge in [0.1, 0.15) is 23.4 Å². The molecule has 0 aliphatic rings. The Morgan fingerprint density at radius 3 is 2.24 bits per heavy atom. The maximum absolute atomic E-state index is 13.9. The Labute approximate surface area is 225 Å². The van der Waals surface area contributed by atoms with Gasteiger partial charge in [0.05, 0.1) is 0 Å². The molecule has 38 heavy (non-hydrogen) atoms. The lowest BCUT2D eigenvalue weighted by Crippen LogP contribution is -2.52. The summed E-state index contributed by atoms with van der Waals surface area (Å²) in [6.45, 7) is 9.59. The number of unbranched alkanes of at least 4 members (excludes halogenated alkanes) is 2. The number of carbonyl (C=O) groups is 3. The number of benzene rings is 2. The molecule has 0 spiro atoms. The number of ether oxygens (including phenoxy) is 1. The molecule has 0 aliphatic heterocycles. The Balaban J connectivity index is 2.42. The van der Waals surface area contributed by atoms with Crippen molar-refractivity contribution in [3.8, 4) is 18.2 Å². The average molecular weight is 522 g/mol. The van der Waals surface area contributed by atoms with Gasteiger partial charge in [-0.25, -0.2) is 4.79 Å². The molecule has 0 saturated carbocycles. The Bertz CT molecular complexity index is 1110. The molecular formula is C30H39N3O5. The summed E-state index contributed by atoms with van der Waals surface area (Å²) in [7, 11) is 0. The Morgan fingerprint density at radius 1 is 1.05 bits per heavy atom. The number of hydrogen-bond donors (Lipinski definition) is 3. The summed E-state index contributed by atoms with van der Waals surface area (Å²) in [5.74, 6) is -0.973. The first kappa shape index (κ1) is 30.2. The zero-order valence-electron chi connectivity index (χ0n) is 22.9. The highest BCUT2D eigenvalue weighted by atomic mass is 16.6. The SMILES string of the molecule is C#CN(C(=O)C(Cc1ccc(O)cc1)NC(=O)OC(C)(C)C)C(C(=O)NCCCCC)c1ccc(C)cc1. The van der Waals surface area contributed by atoms with Crippen molar-refractivity contribution in [2.75, 3.05) is 6.54 Å². The number of phenolic OH excluding ortho intramolecular Hbond substituents is 1. The summed E-state index contributed by atoms with van der Waals surface area (Å²) < 4.78 is 5.38. The fraction of sp³-hybridized carbons (Fsp3) is 0.433. The van der Waals surface area contributed by atoms with Gasteiger partial charge < -0.3 is 20.5 Å². The molecule has 0 radical (unpaired) electrons. The maximum atomic E-state index is 13.9. The van der Waals surface area contributed by atoms with Gasteiger partial charge in [0.25, 0.3) is 5.91 Å². The highest BCUT2D eigenvalue weighted by Gasteiger charge is 2.36. The Hall–Kier alpha value is -3.99. The zero-order valence-corrected chi connectivity index (χ0v) is 22.9. The van der Waals surface area contributed by atoms with Crippen molar-refractivity contribution < 1.29 is 24.2 Å². The second-order valence-electron chi connectivity index (χ2n) is 10.2. The van der Waals surface area contributed by atoms with Crippen LogP contribution >= 0.6 is 0 Å². The average Bonchev–Trinajstić information content (AvgIpc) is 2.85. The minimum Gasteiger partial charge on any atom is -0.508 e. The molecule has 0 bridgehead atoms. The fourth-order valence-corrected chi connectivity index (χ4v) is 3.80. The summed E-state index contributed by atoms with van der Waals surface area (Å²) in [6, 6.07) is 13.6. The number of carbonyl (C=O) groups excluding carboxylic acids is 3. The van der Waals surface area contributed by atoms with E-state index < -0.39 is 35.6 Å². The number of aryl methyl sites for hydroxylation is 1. The molecule has 2 aromatic carbocycles. The van der Waals surface area contributed by atoms with E-state index >= 15 is 0 Å². The third kappa shape index (κ3) is 9.47. The predicted octanol–water partition coefficient (Wildman–Crippen LogP) is 4.60. The van der Waals surface area contributed by atoms with Crippen molar-refractivity contribution in [1.82, 2.24) is 15.5 Å². The number of rotatable bonds is 11. The van der Waals surface area contributed by atoms with Crippen LogP contribution in [0.1, 0.15) is 69.7 Å². The van der Waals surface area contributed by atoms with Gasteiger partial charge in [-0.2, -0.15) is 0 Å². The normalized spacial score (nSPS) is 12.5. The third-order valence-electron chi connectivity index (χ3n) is 5.72. The minimum absolute atomic E-state index is 0.0648. The van der Waals surface area contributed by atoms with E-state index in [1.54, 1.807) is 45.0 Å². The number of nitrogens with one attached hydrogen (secondary N) is 2. The molecule has 2 atom stereocenters. The number of phenols is 1. The first-order chi connectivity index (χ1) is 17.9. The minimum atomic E-state index is -1.13. The highest BCUT2D eigenvalue weighted by molar-refractivity contribution is 5.93. The van der Waals surface area contributed by atoms with Crippen LogP contribution < -0.4 is 10.6 Å². The lowest BCUT2D eigenvalue weighted by molar-refractivity contribution is -0.138. The van der Waals surface area contributed by atoms with E-state index in [-0.39, 0.29) is 12.2 Å². The molecule has 0 aromatic heterocycles. The summed E-state index contributed by atoms with van der Waals surface area (Å²) in [5.41, 5.74) is 1.43. The zero-order chi connectivity index (χ0) is 28.3. The number of aromatic hydroxyl groups is 1. The van der Waals surface area contributed by atoms with Gasteiger partial charge in [0, 0.05) is 19.0 Å². The molecule has 2 aromatic rings. The standard InChI is InChI=1S/C30H39N3O5/c1-7-9-10-19-31-27(35)26(23-15-11-21(3)12-16-23)33(8-2)28(36)25(32-29(37)38-30(4,5)6)20-22-13-17-24(34)18-14-22/h2,11-18,25-26,34H,7,9-10,19-20H2,1,3-6H3,(H,31,35)(H,32,37). The van der Waals surface area contributed by atoms with E-state index in [9.17, 15) is 19.5 Å². The van der Waals surface area contributed by atoms with E-state index in [4.69, 9.17) is 11.2 Å². The van der Waals surface area contributed by atoms with E-state index in [0.29, 0.717) is 17.7 Å². The van der Waals surface area contributed by atoms with Gasteiger partial charge in [-0.05, 0) is 57.4 Å². The van der Waals surface area contributed by atoms with Crippen LogP contribution in [0.15, 0.2) is 48.5 Å². The quantitative estimate of drug-likeness (QED) is 0.228. The van der Waals surface area contributed by atoms with Gasteiger partial charge in [-0.1, -0.05) is 68.2 Å². The van der Waals surface area contributed by atoms with Crippen molar-refractivity contribution in [2.24, 2.45) is 0 Å². The fourth-order valence-electron chi connectivity index (χ4n) is 3.80. The largest absolute Gasteiger partial charge is 0.508 e. The van der Waals surface area contributed by atoms with Crippen molar-refractivity contribution >= 4 is 17.9 Å². The van der Waals surface area contributed by atoms with E-state index in [1.165, 1.54) is 12.1 Å². The predicted molar refractivity (Wildman–Crippen MR) is 147 cm³/mol. The van der Waals surface area contributed by atoms with Gasteiger partial charge in [-0.15, -0.1) is 0 Å². The molecule has 8 nitrogen and oxygen atoms in total. The summed E-state index contributed by atoms with van der Waals surface area (Å²) in [5, 5.41) is 15.2. The number of alkyl carbamates (subject to hydrolysis) is 1. The first-order valence-electron chi connectivity index (χ1n) is 12.9. The Kier molecular flexibility index (Phi) is 11.2. The molecule has 2 rings (SSSR count). The smallest absolute Gasteiger partial charge is 0.408 e. The summed E-state index contributed by atoms with van der Waals surface area (Å²) >= 11 is 0. The van der Waals surface area contributed by atoms with Gasteiger partial charge in [0.2, 0.25) is 5.91 Å². The molecule has 0 fully saturated rings. The van der Waals surface area contributed by atoms with Crippen molar-refractivity contribution in [3.05, 3.63) is 65.2 Å². The topological polar surface area (TPSA) is 108 Å². The second-order valence-corrected chi connectivity index (χ2v) is 10.2. The van der Waals surface area contributed by atoms with E-state index in [1.807, 2.05) is 19.1 Å². The van der Waals surface area contributed by atoms with Crippen LogP contribution in [0, 0.1) is 19.4 Å². The molecule has 0 heterocycles. The van der Waals surface area contributed by atoms with E-state index in [0.717, 1.165) is 29.7 Å². The van der Waals surface area contributed by atoms with Crippen molar-refractivity contribution in [1.29, 1.82) is 0 Å². The number of nitrogens with zero attached hydrogens (tertiary/aromatic N) is 1. The highest BCUT2D eigenvalue weighted by Crippen LogP contribution is 2.24. The van der Waals surface area contributed by atoms with Crippen LogP contribution in [0.5, 0.6) is 5.75 Å². The number of amides is 3. The lowest BCUT2D eigenvalue weighted by Gasteiger charge is -2.30. The van der Waals surface area contributed by atoms with Crippen LogP contribution in [0.25, 0.3) is 0 Å². The van der Waals surface area contributed by atoms with Crippen LogP contribution in [0.4, 0.5) is 4.79 Å². The van der Waals surface area contributed by atoms with Gasteiger partial charge in [0.15, 0.2) is 0 Å². The van der Waals surface area contributed by atoms with Crippen LogP contribution in [-0.4, -0.2) is 46.1 Å². The van der Waals surface area contributed by atoms with Crippen molar-refractivity contribution in [2.45, 2.75) is 78.0 Å². The number of hydrogen-bond acceptors (Lipinski definition) is 5. The van der Waals surface area contributed by atoms with Crippen LogP contribution in [0.2, 0.25) is 0 Å². The molecule has 0 saturated heterocycles. The summed E-state index contributed by atoms with van der Waals surface area (Å²) in [4.78, 5) is 41.0. The Morgan fingerprint density at radius 2 is 1.68 bits per heavy atom. The maximum Gasteiger partial charge on any atom is 0.408 e. The first-order valence-corrected chi connectivity index (χ1v) is 12.9. The summed E-state index contributed by atoms with van der Waals surface area (Å²) in [6.07, 6.45) is 7.88. The van der Waals surface area contributed by atoms with E-state index in [2.05, 4.69) is 23.6 Å². The number of terminal acetylenes is 1. The molecular weight excluding hydrogens is 482 g/mol. The molecule has 3 N–H and O–H groups in total. The monoisotopic (exact) mass is 521 g/mol. The molecule has 8 heteroatoms. The lowest BCUT2D eigenvalue weighted by atomic mass is 10.00.